The molecule has 0 saturated heterocycles. The van der Waals surface area contributed by atoms with Gasteiger partial charge in [-0.2, -0.15) is 0 Å². The van der Waals surface area contributed by atoms with Crippen LogP contribution in [0.15, 0.2) is 58.7 Å². The molecule has 1 aliphatic heterocycles. The molecule has 1 atom stereocenters. The summed E-state index contributed by atoms with van der Waals surface area (Å²) in [5.41, 5.74) is 0.748. The molecule has 3 aromatic rings. The summed E-state index contributed by atoms with van der Waals surface area (Å²) in [5.74, 6) is -1.05. The normalized spacial score (nSPS) is 15.3. The first-order chi connectivity index (χ1) is 17.7. The molecule has 9 nitrogen and oxygen atoms in total. The molecule has 192 valence electrons. The standard InChI is InChI=1S/C27H26N2O7S/c1-6-12-35-18-11-9-17(13-20(18)34-7-2)22-21(23(31)19-10-8-14(3)36-19)24(32)26(33)29(22)27-28-15(4)25(37-27)16(5)30/h6,8-11,13,22,32H,1,7,12H2,2-5H3. The Labute approximate surface area is 217 Å². The fourth-order valence-electron chi connectivity index (χ4n) is 4.08. The summed E-state index contributed by atoms with van der Waals surface area (Å²) in [4.78, 5) is 45.1. The number of furan rings is 1. The van der Waals surface area contributed by atoms with Crippen molar-refractivity contribution in [3.63, 3.8) is 0 Å². The van der Waals surface area contributed by atoms with Gasteiger partial charge in [-0.05, 0) is 50.6 Å². The molecule has 1 N–H and O–H groups in total. The quantitative estimate of drug-likeness (QED) is 0.281. The third-order valence-corrected chi connectivity index (χ3v) is 6.93. The minimum absolute atomic E-state index is 0.0191. The van der Waals surface area contributed by atoms with Gasteiger partial charge in [-0.3, -0.25) is 19.3 Å². The molecule has 3 heterocycles. The Morgan fingerprint density at radius 1 is 1.22 bits per heavy atom. The number of nitrogens with zero attached hydrogens (tertiary/aromatic N) is 2. The Bertz CT molecular complexity index is 1430. The van der Waals surface area contributed by atoms with Gasteiger partial charge in [0.25, 0.3) is 5.91 Å². The largest absolute Gasteiger partial charge is 0.503 e. The summed E-state index contributed by atoms with van der Waals surface area (Å²) in [6.07, 6.45) is 1.60. The van der Waals surface area contributed by atoms with Crippen LogP contribution >= 0.6 is 11.3 Å². The van der Waals surface area contributed by atoms with E-state index >= 15 is 0 Å². The molecule has 1 amide bonds. The summed E-state index contributed by atoms with van der Waals surface area (Å²) < 4.78 is 17.0. The second kappa shape index (κ2) is 10.4. The second-order valence-electron chi connectivity index (χ2n) is 8.29. The number of carbonyl (C=O) groups excluding carboxylic acids is 3. The van der Waals surface area contributed by atoms with Gasteiger partial charge in [0.05, 0.1) is 28.8 Å². The minimum Gasteiger partial charge on any atom is -0.503 e. The minimum atomic E-state index is -1.07. The summed E-state index contributed by atoms with van der Waals surface area (Å²) in [5, 5.41) is 11.1. The fourth-order valence-corrected chi connectivity index (χ4v) is 5.07. The zero-order chi connectivity index (χ0) is 26.9. The van der Waals surface area contributed by atoms with Crippen LogP contribution in [0.2, 0.25) is 0 Å². The summed E-state index contributed by atoms with van der Waals surface area (Å²) >= 11 is 1.02. The molecule has 1 aliphatic rings. The number of aromatic nitrogens is 1. The van der Waals surface area contributed by atoms with Crippen LogP contribution in [0.25, 0.3) is 0 Å². The lowest BCUT2D eigenvalue weighted by atomic mass is 9.95. The van der Waals surface area contributed by atoms with Crippen molar-refractivity contribution in [1.82, 2.24) is 4.98 Å². The van der Waals surface area contributed by atoms with Crippen molar-refractivity contribution in [1.29, 1.82) is 0 Å². The number of benzene rings is 1. The molecule has 4 rings (SSSR count). The van der Waals surface area contributed by atoms with E-state index in [9.17, 15) is 19.5 Å². The number of ether oxygens (including phenoxy) is 2. The van der Waals surface area contributed by atoms with E-state index in [4.69, 9.17) is 13.9 Å². The number of Topliss-reactive ketones (excluding diaryl/α,β-unsaturated/α-hetero) is 2. The monoisotopic (exact) mass is 522 g/mol. The molecule has 0 radical (unpaired) electrons. The van der Waals surface area contributed by atoms with Crippen LogP contribution in [0, 0.1) is 13.8 Å². The number of rotatable bonds is 10. The third-order valence-electron chi connectivity index (χ3n) is 5.67. The number of amides is 1. The van der Waals surface area contributed by atoms with E-state index < -0.39 is 23.5 Å². The first-order valence-corrected chi connectivity index (χ1v) is 12.4. The maximum atomic E-state index is 13.5. The average Bonchev–Trinajstić information content (AvgIpc) is 3.54. The number of ketones is 2. The SMILES string of the molecule is C=CCOc1ccc(C2C(C(=O)c3ccc(C)o3)=C(O)C(=O)N2c2nc(C)c(C(C)=O)s2)cc1OCC. The number of hydrogen-bond donors (Lipinski definition) is 1. The molecule has 10 heteroatoms. The molecule has 1 aromatic carbocycles. The molecular formula is C27H26N2O7S. The van der Waals surface area contributed by atoms with Crippen LogP contribution in [0.5, 0.6) is 11.5 Å². The molecule has 0 saturated carbocycles. The van der Waals surface area contributed by atoms with E-state index in [-0.39, 0.29) is 28.9 Å². The van der Waals surface area contributed by atoms with E-state index in [1.807, 2.05) is 6.92 Å². The molecule has 0 aliphatic carbocycles. The molecule has 2 aromatic heterocycles. The number of aliphatic hydroxyl groups excluding tert-OH is 1. The first-order valence-electron chi connectivity index (χ1n) is 11.5. The zero-order valence-corrected chi connectivity index (χ0v) is 21.7. The maximum Gasteiger partial charge on any atom is 0.296 e. The van der Waals surface area contributed by atoms with Crippen molar-refractivity contribution in [3.05, 3.63) is 82.0 Å². The van der Waals surface area contributed by atoms with Gasteiger partial charge in [0.1, 0.15) is 12.4 Å². The van der Waals surface area contributed by atoms with E-state index in [2.05, 4.69) is 11.6 Å². The maximum absolute atomic E-state index is 13.5. The lowest BCUT2D eigenvalue weighted by molar-refractivity contribution is -0.117. The highest BCUT2D eigenvalue weighted by Crippen LogP contribution is 2.45. The molecule has 37 heavy (non-hydrogen) atoms. The number of anilines is 1. The Kier molecular flexibility index (Phi) is 7.30. The van der Waals surface area contributed by atoms with Gasteiger partial charge in [0.15, 0.2) is 33.9 Å². The van der Waals surface area contributed by atoms with Crippen LogP contribution < -0.4 is 14.4 Å². The van der Waals surface area contributed by atoms with Crippen LogP contribution in [0.4, 0.5) is 5.13 Å². The Morgan fingerprint density at radius 2 is 1.97 bits per heavy atom. The highest BCUT2D eigenvalue weighted by atomic mass is 32.1. The molecule has 0 fully saturated rings. The third kappa shape index (κ3) is 4.79. The number of carbonyl (C=O) groups is 3. The predicted molar refractivity (Wildman–Crippen MR) is 138 cm³/mol. The highest BCUT2D eigenvalue weighted by Gasteiger charge is 2.47. The summed E-state index contributed by atoms with van der Waals surface area (Å²) in [7, 11) is 0. The van der Waals surface area contributed by atoms with Crippen LogP contribution in [0.1, 0.15) is 57.1 Å². The summed E-state index contributed by atoms with van der Waals surface area (Å²) in [6, 6.07) is 7.03. The molecule has 1 unspecified atom stereocenters. The van der Waals surface area contributed by atoms with Gasteiger partial charge >= 0.3 is 0 Å². The van der Waals surface area contributed by atoms with Crippen molar-refractivity contribution in [2.24, 2.45) is 0 Å². The highest BCUT2D eigenvalue weighted by molar-refractivity contribution is 7.17. The van der Waals surface area contributed by atoms with Gasteiger partial charge in [-0.1, -0.05) is 30.1 Å². The van der Waals surface area contributed by atoms with Gasteiger partial charge in [0, 0.05) is 6.92 Å². The van der Waals surface area contributed by atoms with Crippen LogP contribution in [0.3, 0.4) is 0 Å². The number of thiazole rings is 1. The predicted octanol–water partition coefficient (Wildman–Crippen LogP) is 5.30. The van der Waals surface area contributed by atoms with Gasteiger partial charge in [-0.15, -0.1) is 0 Å². The zero-order valence-electron chi connectivity index (χ0n) is 20.9. The van der Waals surface area contributed by atoms with Crippen molar-refractivity contribution in [2.45, 2.75) is 33.7 Å². The molecule has 0 bridgehead atoms. The fraction of sp³-hybridized carbons (Fsp3) is 0.259. The smallest absolute Gasteiger partial charge is 0.296 e. The molecular weight excluding hydrogens is 496 g/mol. The lowest BCUT2D eigenvalue weighted by Crippen LogP contribution is -2.31. The average molecular weight is 523 g/mol. The Morgan fingerprint density at radius 3 is 2.57 bits per heavy atom. The van der Waals surface area contributed by atoms with Crippen LogP contribution in [-0.2, 0) is 4.79 Å². The van der Waals surface area contributed by atoms with Crippen molar-refractivity contribution in [3.8, 4) is 11.5 Å². The molecule has 0 spiro atoms. The number of hydrogen-bond acceptors (Lipinski definition) is 9. The van der Waals surface area contributed by atoms with Crippen molar-refractivity contribution < 1.29 is 33.4 Å². The van der Waals surface area contributed by atoms with Crippen LogP contribution in [-0.4, -0.2) is 40.8 Å². The van der Waals surface area contributed by atoms with E-state index in [1.165, 1.54) is 17.9 Å². The van der Waals surface area contributed by atoms with Gasteiger partial charge in [-0.25, -0.2) is 4.98 Å². The number of aryl methyl sites for hydroxylation is 2. The first kappa shape index (κ1) is 25.9. The lowest BCUT2D eigenvalue weighted by Gasteiger charge is -2.25. The van der Waals surface area contributed by atoms with E-state index in [0.717, 1.165) is 11.3 Å². The Balaban J connectivity index is 1.89. The van der Waals surface area contributed by atoms with Crippen molar-refractivity contribution in [2.75, 3.05) is 18.1 Å². The van der Waals surface area contributed by atoms with Gasteiger partial charge < -0.3 is 19.0 Å². The Hall–Kier alpha value is -4.18. The van der Waals surface area contributed by atoms with E-state index in [0.29, 0.717) is 40.0 Å². The van der Waals surface area contributed by atoms with E-state index in [1.54, 1.807) is 44.2 Å². The van der Waals surface area contributed by atoms with Crippen molar-refractivity contribution >= 4 is 33.9 Å². The topological polar surface area (TPSA) is 119 Å². The number of aliphatic hydroxyl groups is 1. The summed E-state index contributed by atoms with van der Waals surface area (Å²) in [6.45, 7) is 10.8. The van der Waals surface area contributed by atoms with Gasteiger partial charge in [0.2, 0.25) is 5.78 Å². The second-order valence-corrected chi connectivity index (χ2v) is 9.26.